The fourth-order valence-corrected chi connectivity index (χ4v) is 5.41. The minimum atomic E-state index is 0.499. The highest BCUT2D eigenvalue weighted by atomic mass is 35.5. The highest BCUT2D eigenvalue weighted by molar-refractivity contribution is 6.31. The number of likely N-dealkylation sites (tertiary alicyclic amines) is 1. The predicted octanol–water partition coefficient (Wildman–Crippen LogP) is 5.00. The first kappa shape index (κ1) is 14.6. The molecule has 3 unspecified atom stereocenters. The third kappa shape index (κ3) is 1.81. The van der Waals surface area contributed by atoms with E-state index in [9.17, 15) is 0 Å². The van der Waals surface area contributed by atoms with Gasteiger partial charge in [0.1, 0.15) is 0 Å². The van der Waals surface area contributed by atoms with E-state index in [1.54, 1.807) is 0 Å². The zero-order chi connectivity index (χ0) is 16.4. The van der Waals surface area contributed by atoms with Crippen molar-refractivity contribution in [3.63, 3.8) is 0 Å². The molecule has 0 amide bonds. The van der Waals surface area contributed by atoms with Gasteiger partial charge in [-0.1, -0.05) is 48.0 Å². The van der Waals surface area contributed by atoms with Crippen LogP contribution < -0.4 is 0 Å². The molecule has 3 heterocycles. The van der Waals surface area contributed by atoms with Gasteiger partial charge in [-0.3, -0.25) is 4.90 Å². The van der Waals surface area contributed by atoms with E-state index in [1.165, 1.54) is 27.7 Å². The van der Waals surface area contributed by atoms with E-state index in [0.717, 1.165) is 18.1 Å². The van der Waals surface area contributed by atoms with Crippen LogP contribution in [0.5, 0.6) is 0 Å². The molecule has 24 heavy (non-hydrogen) atoms. The summed E-state index contributed by atoms with van der Waals surface area (Å²) >= 11 is 6.53. The number of fused-ring (bicyclic) bond motifs is 5. The third-order valence-electron chi connectivity index (χ3n) is 6.13. The summed E-state index contributed by atoms with van der Waals surface area (Å²) in [4.78, 5) is 2.53. The smallest absolute Gasteiger partial charge is 0.0552 e. The Balaban J connectivity index is 1.65. The fraction of sp³-hybridized carbons (Fsp3) is 0.333. The Bertz CT molecular complexity index is 942. The van der Waals surface area contributed by atoms with Crippen LogP contribution in [0.25, 0.3) is 10.9 Å². The number of likely N-dealkylation sites (N-methyl/N-ethyl adjacent to an activating group) is 1. The van der Waals surface area contributed by atoms with Crippen LogP contribution in [0.15, 0.2) is 48.5 Å². The molecule has 0 bridgehead atoms. The molecule has 0 aliphatic carbocycles. The lowest BCUT2D eigenvalue weighted by Crippen LogP contribution is -2.19. The van der Waals surface area contributed by atoms with Crippen LogP contribution in [-0.2, 0) is 6.54 Å². The Morgan fingerprint density at radius 2 is 1.75 bits per heavy atom. The number of hydrogen-bond donors (Lipinski definition) is 0. The number of nitrogens with zero attached hydrogens (tertiary/aromatic N) is 2. The van der Waals surface area contributed by atoms with Crippen molar-refractivity contribution in [3.05, 3.63) is 70.4 Å². The largest absolute Gasteiger partial charge is 0.342 e. The van der Waals surface area contributed by atoms with Gasteiger partial charge in [-0.05, 0) is 37.2 Å². The standard InChI is InChI=1S/C21H21ClN2/c1-13-14-7-4-6-10-19(14)24-12-17-16(11-23(2)21(17)20(13)24)15-8-3-5-9-18(15)22/h3-10,16-17,21H,11-12H2,1-2H3. The average Bonchev–Trinajstić information content (AvgIpc) is 3.20. The van der Waals surface area contributed by atoms with Gasteiger partial charge in [0.05, 0.1) is 6.04 Å². The molecule has 1 aromatic heterocycles. The highest BCUT2D eigenvalue weighted by Gasteiger charge is 2.48. The first-order valence-electron chi connectivity index (χ1n) is 8.69. The maximum absolute atomic E-state index is 6.53. The molecular formula is C21H21ClN2. The molecule has 3 heteroatoms. The van der Waals surface area contributed by atoms with E-state index in [-0.39, 0.29) is 0 Å². The summed E-state index contributed by atoms with van der Waals surface area (Å²) in [7, 11) is 2.27. The van der Waals surface area contributed by atoms with Crippen molar-refractivity contribution in [1.82, 2.24) is 9.47 Å². The first-order chi connectivity index (χ1) is 11.7. The first-order valence-corrected chi connectivity index (χ1v) is 9.07. The number of rotatable bonds is 1. The molecule has 3 atom stereocenters. The molecule has 1 fully saturated rings. The molecule has 1 saturated heterocycles. The van der Waals surface area contributed by atoms with E-state index in [0.29, 0.717) is 17.9 Å². The Kier molecular flexibility index (Phi) is 3.10. The van der Waals surface area contributed by atoms with Crippen LogP contribution in [0.4, 0.5) is 0 Å². The van der Waals surface area contributed by atoms with Crippen molar-refractivity contribution in [2.75, 3.05) is 13.6 Å². The number of benzene rings is 2. The Morgan fingerprint density at radius 1 is 1.00 bits per heavy atom. The van der Waals surface area contributed by atoms with Crippen molar-refractivity contribution in [1.29, 1.82) is 0 Å². The quantitative estimate of drug-likeness (QED) is 0.607. The van der Waals surface area contributed by atoms with Gasteiger partial charge >= 0.3 is 0 Å². The number of aryl methyl sites for hydroxylation is 1. The molecule has 2 aromatic carbocycles. The molecule has 0 radical (unpaired) electrons. The molecule has 0 spiro atoms. The van der Waals surface area contributed by atoms with Crippen LogP contribution in [0, 0.1) is 12.8 Å². The van der Waals surface area contributed by atoms with Gasteiger partial charge in [0.15, 0.2) is 0 Å². The molecular weight excluding hydrogens is 316 g/mol. The van der Waals surface area contributed by atoms with E-state index in [1.807, 2.05) is 12.1 Å². The lowest BCUT2D eigenvalue weighted by atomic mass is 9.85. The molecule has 2 nitrogen and oxygen atoms in total. The van der Waals surface area contributed by atoms with Crippen LogP contribution >= 0.6 is 11.6 Å². The summed E-state index contributed by atoms with van der Waals surface area (Å²) in [6.07, 6.45) is 0. The van der Waals surface area contributed by atoms with Crippen molar-refractivity contribution in [3.8, 4) is 0 Å². The van der Waals surface area contributed by atoms with Crippen molar-refractivity contribution < 1.29 is 0 Å². The zero-order valence-electron chi connectivity index (χ0n) is 14.0. The summed E-state index contributed by atoms with van der Waals surface area (Å²) in [5.74, 6) is 1.11. The Hall–Kier alpha value is -1.77. The highest BCUT2D eigenvalue weighted by Crippen LogP contribution is 2.53. The van der Waals surface area contributed by atoms with Crippen LogP contribution in [-0.4, -0.2) is 23.1 Å². The van der Waals surface area contributed by atoms with Gasteiger partial charge in [0.25, 0.3) is 0 Å². The summed E-state index contributed by atoms with van der Waals surface area (Å²) in [6.45, 7) is 4.46. The minimum absolute atomic E-state index is 0.499. The van der Waals surface area contributed by atoms with E-state index in [4.69, 9.17) is 11.6 Å². The molecule has 122 valence electrons. The van der Waals surface area contributed by atoms with Gasteiger partial charge in [0.2, 0.25) is 0 Å². The summed E-state index contributed by atoms with van der Waals surface area (Å²) < 4.78 is 2.56. The summed E-state index contributed by atoms with van der Waals surface area (Å²) in [5.41, 5.74) is 5.65. The van der Waals surface area contributed by atoms with Crippen LogP contribution in [0.3, 0.4) is 0 Å². The van der Waals surface area contributed by atoms with Gasteiger partial charge in [0, 0.05) is 46.5 Å². The third-order valence-corrected chi connectivity index (χ3v) is 6.48. The summed E-state index contributed by atoms with van der Waals surface area (Å²) in [6, 6.07) is 17.7. The second kappa shape index (κ2) is 5.11. The maximum Gasteiger partial charge on any atom is 0.0552 e. The number of hydrogen-bond acceptors (Lipinski definition) is 1. The van der Waals surface area contributed by atoms with Crippen molar-refractivity contribution >= 4 is 22.5 Å². The lowest BCUT2D eigenvalue weighted by Gasteiger charge is -2.19. The van der Waals surface area contributed by atoms with Gasteiger partial charge < -0.3 is 4.57 Å². The van der Waals surface area contributed by atoms with Crippen molar-refractivity contribution in [2.24, 2.45) is 5.92 Å². The van der Waals surface area contributed by atoms with Gasteiger partial charge in [-0.15, -0.1) is 0 Å². The second-order valence-corrected chi connectivity index (χ2v) is 7.72. The molecule has 2 aliphatic rings. The van der Waals surface area contributed by atoms with E-state index >= 15 is 0 Å². The SMILES string of the molecule is Cc1c2n(c3ccccc13)CC1C(c3ccccc3Cl)CN(C)C21. The molecule has 0 saturated carbocycles. The number of halogens is 1. The molecule has 2 aliphatic heterocycles. The predicted molar refractivity (Wildman–Crippen MR) is 99.7 cm³/mol. The topological polar surface area (TPSA) is 8.17 Å². The monoisotopic (exact) mass is 336 g/mol. The molecule has 5 rings (SSSR count). The maximum atomic E-state index is 6.53. The van der Waals surface area contributed by atoms with Crippen LogP contribution in [0.2, 0.25) is 5.02 Å². The van der Waals surface area contributed by atoms with Gasteiger partial charge in [-0.2, -0.15) is 0 Å². The van der Waals surface area contributed by atoms with E-state index in [2.05, 4.69) is 59.8 Å². The lowest BCUT2D eigenvalue weighted by molar-refractivity contribution is 0.292. The van der Waals surface area contributed by atoms with Crippen LogP contribution in [0.1, 0.15) is 28.8 Å². The van der Waals surface area contributed by atoms with Crippen molar-refractivity contribution in [2.45, 2.75) is 25.4 Å². The Morgan fingerprint density at radius 3 is 2.58 bits per heavy atom. The zero-order valence-corrected chi connectivity index (χ0v) is 14.8. The average molecular weight is 337 g/mol. The molecule has 0 N–H and O–H groups in total. The number of aromatic nitrogens is 1. The Labute approximate surface area is 147 Å². The number of para-hydroxylation sites is 1. The molecule has 3 aromatic rings. The fourth-order valence-electron chi connectivity index (χ4n) is 5.13. The minimum Gasteiger partial charge on any atom is -0.342 e. The summed E-state index contributed by atoms with van der Waals surface area (Å²) in [5, 5.41) is 2.32. The normalized spacial score (nSPS) is 26.0. The second-order valence-electron chi connectivity index (χ2n) is 7.31. The van der Waals surface area contributed by atoms with Gasteiger partial charge in [-0.25, -0.2) is 0 Å². The van der Waals surface area contributed by atoms with E-state index < -0.39 is 0 Å².